The number of rotatable bonds is 3. The van der Waals surface area contributed by atoms with Crippen LogP contribution in [0.15, 0.2) is 42.5 Å². The fourth-order valence-electron chi connectivity index (χ4n) is 2.27. The van der Waals surface area contributed by atoms with Gasteiger partial charge in [0.1, 0.15) is 13.2 Å². The van der Waals surface area contributed by atoms with E-state index in [1.54, 1.807) is 0 Å². The molecule has 3 nitrogen and oxygen atoms in total. The Morgan fingerprint density at radius 2 is 1.74 bits per heavy atom. The zero-order valence-corrected chi connectivity index (χ0v) is 11.0. The Balaban J connectivity index is 1.82. The molecule has 0 bridgehead atoms. The maximum atomic E-state index is 5.61. The van der Waals surface area contributed by atoms with E-state index in [1.165, 1.54) is 11.1 Å². The summed E-state index contributed by atoms with van der Waals surface area (Å²) in [5.74, 6) is 1.70. The number of fused-ring (bicyclic) bond motifs is 1. The molecule has 0 saturated carbocycles. The van der Waals surface area contributed by atoms with Gasteiger partial charge in [-0.05, 0) is 41.8 Å². The second-order valence-corrected chi connectivity index (χ2v) is 4.61. The highest BCUT2D eigenvalue weighted by atomic mass is 16.6. The van der Waals surface area contributed by atoms with Crippen molar-refractivity contribution in [2.75, 3.05) is 25.6 Å². The summed E-state index contributed by atoms with van der Waals surface area (Å²) >= 11 is 0. The normalized spacial score (nSPS) is 13.1. The van der Waals surface area contributed by atoms with E-state index in [-0.39, 0.29) is 0 Å². The predicted octanol–water partition coefficient (Wildman–Crippen LogP) is 3.09. The van der Waals surface area contributed by atoms with Gasteiger partial charge in [0, 0.05) is 12.7 Å². The predicted molar refractivity (Wildman–Crippen MR) is 76.2 cm³/mol. The fourth-order valence-corrected chi connectivity index (χ4v) is 2.27. The second kappa shape index (κ2) is 5.22. The van der Waals surface area contributed by atoms with E-state index in [9.17, 15) is 0 Å². The minimum atomic E-state index is 0.631. The molecule has 1 aliphatic heterocycles. The van der Waals surface area contributed by atoms with Crippen molar-refractivity contribution in [2.45, 2.75) is 6.42 Å². The van der Waals surface area contributed by atoms with Crippen molar-refractivity contribution < 1.29 is 9.47 Å². The van der Waals surface area contributed by atoms with Gasteiger partial charge < -0.3 is 14.8 Å². The van der Waals surface area contributed by atoms with E-state index in [1.807, 2.05) is 13.1 Å². The molecular formula is C16H17NO2. The first kappa shape index (κ1) is 11.9. The average Bonchev–Trinajstić information content (AvgIpc) is 2.47. The third-order valence-electron chi connectivity index (χ3n) is 3.23. The first-order valence-electron chi connectivity index (χ1n) is 6.50. The van der Waals surface area contributed by atoms with E-state index in [4.69, 9.17) is 9.47 Å². The van der Waals surface area contributed by atoms with Crippen molar-refractivity contribution in [1.29, 1.82) is 0 Å². The Labute approximate surface area is 113 Å². The number of ether oxygens (including phenoxy) is 2. The van der Waals surface area contributed by atoms with Gasteiger partial charge in [-0.15, -0.1) is 0 Å². The van der Waals surface area contributed by atoms with Gasteiger partial charge in [-0.25, -0.2) is 0 Å². The standard InChI is InChI=1S/C16H17NO2/c1-17-14-4-2-3-12(10-14)9-13-5-6-15-16(11-13)19-8-7-18-15/h2-6,10-11,17H,7-9H2,1H3. The van der Waals surface area contributed by atoms with Gasteiger partial charge in [-0.3, -0.25) is 0 Å². The fraction of sp³-hybridized carbons (Fsp3) is 0.250. The smallest absolute Gasteiger partial charge is 0.161 e. The molecule has 0 aromatic heterocycles. The van der Waals surface area contributed by atoms with E-state index >= 15 is 0 Å². The Morgan fingerprint density at radius 1 is 0.947 bits per heavy atom. The summed E-state index contributed by atoms with van der Waals surface area (Å²) in [4.78, 5) is 0. The van der Waals surface area contributed by atoms with Crippen LogP contribution in [0.5, 0.6) is 11.5 Å². The van der Waals surface area contributed by atoms with Crippen molar-refractivity contribution >= 4 is 5.69 Å². The zero-order valence-electron chi connectivity index (χ0n) is 11.0. The van der Waals surface area contributed by atoms with E-state index in [0.29, 0.717) is 13.2 Å². The van der Waals surface area contributed by atoms with Crippen molar-refractivity contribution in [3.05, 3.63) is 53.6 Å². The van der Waals surface area contributed by atoms with Crippen LogP contribution in [0.2, 0.25) is 0 Å². The summed E-state index contributed by atoms with van der Waals surface area (Å²) in [5.41, 5.74) is 3.65. The van der Waals surface area contributed by atoms with Crippen molar-refractivity contribution in [3.8, 4) is 11.5 Å². The molecule has 98 valence electrons. The Bertz CT molecular complexity index is 581. The number of hydrogen-bond donors (Lipinski definition) is 1. The highest BCUT2D eigenvalue weighted by Gasteiger charge is 2.11. The Morgan fingerprint density at radius 3 is 2.58 bits per heavy atom. The second-order valence-electron chi connectivity index (χ2n) is 4.61. The largest absolute Gasteiger partial charge is 0.486 e. The molecule has 1 heterocycles. The van der Waals surface area contributed by atoms with Gasteiger partial charge in [-0.1, -0.05) is 18.2 Å². The number of nitrogens with one attached hydrogen (secondary N) is 1. The highest BCUT2D eigenvalue weighted by Crippen LogP contribution is 2.31. The van der Waals surface area contributed by atoms with Crippen LogP contribution in [0.1, 0.15) is 11.1 Å². The van der Waals surface area contributed by atoms with E-state index in [2.05, 4.69) is 41.7 Å². The van der Waals surface area contributed by atoms with Crippen LogP contribution in [-0.2, 0) is 6.42 Å². The van der Waals surface area contributed by atoms with Crippen LogP contribution in [0.4, 0.5) is 5.69 Å². The Hall–Kier alpha value is -2.16. The molecule has 0 unspecified atom stereocenters. The van der Waals surface area contributed by atoms with Crippen LogP contribution in [-0.4, -0.2) is 20.3 Å². The van der Waals surface area contributed by atoms with Crippen LogP contribution < -0.4 is 14.8 Å². The quantitative estimate of drug-likeness (QED) is 0.914. The summed E-state index contributed by atoms with van der Waals surface area (Å²) in [5, 5.41) is 3.16. The molecule has 19 heavy (non-hydrogen) atoms. The average molecular weight is 255 g/mol. The molecule has 3 heteroatoms. The summed E-state index contributed by atoms with van der Waals surface area (Å²) in [6.45, 7) is 1.27. The van der Waals surface area contributed by atoms with Gasteiger partial charge in [-0.2, -0.15) is 0 Å². The number of hydrogen-bond acceptors (Lipinski definition) is 3. The molecule has 0 radical (unpaired) electrons. The molecule has 0 amide bonds. The van der Waals surface area contributed by atoms with Crippen LogP contribution in [0, 0.1) is 0 Å². The number of benzene rings is 2. The van der Waals surface area contributed by atoms with Crippen LogP contribution in [0.3, 0.4) is 0 Å². The zero-order chi connectivity index (χ0) is 13.1. The molecular weight excluding hydrogens is 238 g/mol. The maximum absolute atomic E-state index is 5.61. The van der Waals surface area contributed by atoms with E-state index < -0.39 is 0 Å². The van der Waals surface area contributed by atoms with Gasteiger partial charge >= 0.3 is 0 Å². The minimum absolute atomic E-state index is 0.631. The molecule has 0 spiro atoms. The monoisotopic (exact) mass is 255 g/mol. The summed E-state index contributed by atoms with van der Waals surface area (Å²) in [6, 6.07) is 14.6. The molecule has 1 N–H and O–H groups in total. The highest BCUT2D eigenvalue weighted by molar-refractivity contribution is 5.48. The summed E-state index contributed by atoms with van der Waals surface area (Å²) in [7, 11) is 1.93. The SMILES string of the molecule is CNc1cccc(Cc2ccc3c(c2)OCCO3)c1. The third-order valence-corrected chi connectivity index (χ3v) is 3.23. The third kappa shape index (κ3) is 2.65. The topological polar surface area (TPSA) is 30.5 Å². The lowest BCUT2D eigenvalue weighted by molar-refractivity contribution is 0.171. The molecule has 3 rings (SSSR count). The minimum Gasteiger partial charge on any atom is -0.486 e. The molecule has 0 fully saturated rings. The summed E-state index contributed by atoms with van der Waals surface area (Å²) < 4.78 is 11.1. The van der Waals surface area contributed by atoms with Gasteiger partial charge in [0.05, 0.1) is 0 Å². The summed E-state index contributed by atoms with van der Waals surface area (Å²) in [6.07, 6.45) is 0.895. The molecule has 2 aromatic rings. The van der Waals surface area contributed by atoms with Crippen LogP contribution >= 0.6 is 0 Å². The van der Waals surface area contributed by atoms with Crippen molar-refractivity contribution in [3.63, 3.8) is 0 Å². The first-order chi connectivity index (χ1) is 9.35. The van der Waals surface area contributed by atoms with Gasteiger partial charge in [0.15, 0.2) is 11.5 Å². The first-order valence-corrected chi connectivity index (χ1v) is 6.50. The number of anilines is 1. The van der Waals surface area contributed by atoms with E-state index in [0.717, 1.165) is 23.6 Å². The molecule has 1 aliphatic rings. The van der Waals surface area contributed by atoms with Crippen LogP contribution in [0.25, 0.3) is 0 Å². The Kier molecular flexibility index (Phi) is 3.27. The lowest BCUT2D eigenvalue weighted by atomic mass is 10.0. The van der Waals surface area contributed by atoms with Crippen molar-refractivity contribution in [1.82, 2.24) is 0 Å². The maximum Gasteiger partial charge on any atom is 0.161 e. The molecule has 0 atom stereocenters. The van der Waals surface area contributed by atoms with Crippen molar-refractivity contribution in [2.24, 2.45) is 0 Å². The van der Waals surface area contributed by atoms with Gasteiger partial charge in [0.2, 0.25) is 0 Å². The lowest BCUT2D eigenvalue weighted by Crippen LogP contribution is -2.15. The lowest BCUT2D eigenvalue weighted by Gasteiger charge is -2.19. The molecule has 0 aliphatic carbocycles. The molecule has 0 saturated heterocycles. The van der Waals surface area contributed by atoms with Gasteiger partial charge in [0.25, 0.3) is 0 Å². The molecule has 2 aromatic carbocycles.